The maximum Gasteiger partial charge on any atom is 0.251 e. The average molecular weight is 404 g/mol. The molecule has 0 bridgehead atoms. The van der Waals surface area contributed by atoms with Gasteiger partial charge in [0.15, 0.2) is 0 Å². The van der Waals surface area contributed by atoms with Gasteiger partial charge in [-0.3, -0.25) is 4.79 Å². The van der Waals surface area contributed by atoms with Gasteiger partial charge in [-0.2, -0.15) is 4.31 Å². The van der Waals surface area contributed by atoms with E-state index in [-0.39, 0.29) is 10.8 Å². The minimum Gasteiger partial charge on any atom is -0.380 e. The van der Waals surface area contributed by atoms with Crippen LogP contribution in [0.3, 0.4) is 0 Å². The molecule has 0 saturated carbocycles. The molecule has 0 aliphatic carbocycles. The number of carbonyl (C=O) groups is 1. The topological polar surface area (TPSA) is 84.9 Å². The van der Waals surface area contributed by atoms with Gasteiger partial charge in [0, 0.05) is 32.3 Å². The Labute approximate surface area is 165 Å². The molecule has 7 nitrogen and oxygen atoms in total. The van der Waals surface area contributed by atoms with Crippen LogP contribution >= 0.6 is 0 Å². The maximum absolute atomic E-state index is 12.8. The molecule has 1 aliphatic heterocycles. The minimum atomic E-state index is -3.64. The summed E-state index contributed by atoms with van der Waals surface area (Å²) in [5.41, 5.74) is 2.25. The first-order valence-electron chi connectivity index (χ1n) is 9.04. The Morgan fingerprint density at radius 3 is 2.54 bits per heavy atom. The Morgan fingerprint density at radius 1 is 1.11 bits per heavy atom. The van der Waals surface area contributed by atoms with Crippen molar-refractivity contribution in [3.05, 3.63) is 65.2 Å². The SMILES string of the molecule is COCc1ccccc1CNC(=O)c1cccc(S(=O)(=O)N2CCOCC2)c1. The van der Waals surface area contributed by atoms with Gasteiger partial charge in [0.2, 0.25) is 10.0 Å². The number of methoxy groups -OCH3 is 1. The summed E-state index contributed by atoms with van der Waals surface area (Å²) in [4.78, 5) is 12.7. The molecule has 0 aromatic heterocycles. The summed E-state index contributed by atoms with van der Waals surface area (Å²) in [7, 11) is -2.02. The predicted octanol–water partition coefficient (Wildman–Crippen LogP) is 1.78. The summed E-state index contributed by atoms with van der Waals surface area (Å²) < 4.78 is 37.3. The Morgan fingerprint density at radius 2 is 1.82 bits per heavy atom. The van der Waals surface area contributed by atoms with E-state index in [2.05, 4.69) is 5.32 Å². The lowest BCUT2D eigenvalue weighted by atomic mass is 10.1. The molecule has 1 aliphatic rings. The third-order valence-electron chi connectivity index (χ3n) is 4.56. The summed E-state index contributed by atoms with van der Waals surface area (Å²) in [5, 5.41) is 2.85. The fraction of sp³-hybridized carbons (Fsp3) is 0.350. The number of hydrogen-bond donors (Lipinski definition) is 1. The standard InChI is InChI=1S/C20H24N2O5S/c1-26-15-18-6-3-2-5-17(18)14-21-20(23)16-7-4-8-19(13-16)28(24,25)22-9-11-27-12-10-22/h2-8,13H,9-12,14-15H2,1H3,(H,21,23). The van der Waals surface area contributed by atoms with E-state index in [0.717, 1.165) is 11.1 Å². The van der Waals surface area contributed by atoms with E-state index in [1.807, 2.05) is 24.3 Å². The molecule has 1 saturated heterocycles. The molecule has 150 valence electrons. The summed E-state index contributed by atoms with van der Waals surface area (Å²) in [6.07, 6.45) is 0. The van der Waals surface area contributed by atoms with Crippen molar-refractivity contribution in [2.24, 2.45) is 0 Å². The Bertz CT molecular complexity index is 924. The largest absolute Gasteiger partial charge is 0.380 e. The van der Waals surface area contributed by atoms with E-state index < -0.39 is 10.0 Å². The number of ether oxygens (including phenoxy) is 2. The van der Waals surface area contributed by atoms with Crippen molar-refractivity contribution >= 4 is 15.9 Å². The van der Waals surface area contributed by atoms with Gasteiger partial charge in [-0.1, -0.05) is 30.3 Å². The van der Waals surface area contributed by atoms with E-state index in [4.69, 9.17) is 9.47 Å². The molecule has 0 radical (unpaired) electrons. The van der Waals surface area contributed by atoms with Gasteiger partial charge in [-0.15, -0.1) is 0 Å². The van der Waals surface area contributed by atoms with Gasteiger partial charge in [0.1, 0.15) is 0 Å². The van der Waals surface area contributed by atoms with Crippen LogP contribution in [-0.4, -0.2) is 52.0 Å². The first kappa shape index (κ1) is 20.5. The van der Waals surface area contributed by atoms with Crippen molar-refractivity contribution < 1.29 is 22.7 Å². The van der Waals surface area contributed by atoms with E-state index in [1.165, 1.54) is 16.4 Å². The van der Waals surface area contributed by atoms with Gasteiger partial charge in [-0.05, 0) is 29.3 Å². The number of amides is 1. The number of carbonyl (C=O) groups excluding carboxylic acids is 1. The monoisotopic (exact) mass is 404 g/mol. The van der Waals surface area contributed by atoms with Gasteiger partial charge in [-0.25, -0.2) is 8.42 Å². The van der Waals surface area contributed by atoms with Crippen LogP contribution in [0.5, 0.6) is 0 Å². The zero-order valence-corrected chi connectivity index (χ0v) is 16.6. The van der Waals surface area contributed by atoms with Crippen LogP contribution in [0.4, 0.5) is 0 Å². The second-order valence-corrected chi connectivity index (χ2v) is 8.37. The van der Waals surface area contributed by atoms with E-state index in [1.54, 1.807) is 19.2 Å². The zero-order valence-electron chi connectivity index (χ0n) is 15.8. The Balaban J connectivity index is 1.72. The fourth-order valence-corrected chi connectivity index (χ4v) is 4.49. The molecule has 1 amide bonds. The van der Waals surface area contributed by atoms with Crippen LogP contribution in [0, 0.1) is 0 Å². The molecular weight excluding hydrogens is 380 g/mol. The number of sulfonamides is 1. The zero-order chi connectivity index (χ0) is 20.0. The molecule has 2 aromatic carbocycles. The summed E-state index contributed by atoms with van der Waals surface area (Å²) in [6, 6.07) is 13.8. The number of hydrogen-bond acceptors (Lipinski definition) is 5. The second kappa shape index (κ2) is 9.29. The molecule has 1 heterocycles. The van der Waals surface area contributed by atoms with Crippen LogP contribution in [0.25, 0.3) is 0 Å². The molecule has 1 fully saturated rings. The number of rotatable bonds is 7. The van der Waals surface area contributed by atoms with Crippen molar-refractivity contribution in [1.29, 1.82) is 0 Å². The molecule has 0 spiro atoms. The molecule has 2 aromatic rings. The number of nitrogens with one attached hydrogen (secondary N) is 1. The van der Waals surface area contributed by atoms with E-state index >= 15 is 0 Å². The molecule has 28 heavy (non-hydrogen) atoms. The van der Waals surface area contributed by atoms with Gasteiger partial charge < -0.3 is 14.8 Å². The Kier molecular flexibility index (Phi) is 6.79. The average Bonchev–Trinajstić information content (AvgIpc) is 2.74. The van der Waals surface area contributed by atoms with Gasteiger partial charge in [0.25, 0.3) is 5.91 Å². The smallest absolute Gasteiger partial charge is 0.251 e. The third kappa shape index (κ3) is 4.77. The number of morpholine rings is 1. The van der Waals surface area contributed by atoms with Crippen LogP contribution in [-0.2, 0) is 32.6 Å². The molecule has 0 unspecified atom stereocenters. The maximum atomic E-state index is 12.8. The summed E-state index contributed by atoms with van der Waals surface area (Å²) in [6.45, 7) is 2.17. The highest BCUT2D eigenvalue weighted by atomic mass is 32.2. The number of nitrogens with zero attached hydrogens (tertiary/aromatic N) is 1. The minimum absolute atomic E-state index is 0.113. The summed E-state index contributed by atoms with van der Waals surface area (Å²) in [5.74, 6) is -0.328. The van der Waals surface area contributed by atoms with Crippen LogP contribution in [0.2, 0.25) is 0 Å². The highest BCUT2D eigenvalue weighted by molar-refractivity contribution is 7.89. The third-order valence-corrected chi connectivity index (χ3v) is 6.46. The molecule has 0 atom stereocenters. The van der Waals surface area contributed by atoms with Crippen molar-refractivity contribution in [1.82, 2.24) is 9.62 Å². The fourth-order valence-electron chi connectivity index (χ4n) is 3.04. The number of benzene rings is 2. The van der Waals surface area contributed by atoms with Crippen molar-refractivity contribution in [3.8, 4) is 0 Å². The van der Waals surface area contributed by atoms with Crippen molar-refractivity contribution in [3.63, 3.8) is 0 Å². The van der Waals surface area contributed by atoms with E-state index in [0.29, 0.717) is 45.0 Å². The molecule has 8 heteroatoms. The predicted molar refractivity (Wildman–Crippen MR) is 104 cm³/mol. The van der Waals surface area contributed by atoms with Gasteiger partial charge in [0.05, 0.1) is 24.7 Å². The Hall–Kier alpha value is -2.26. The van der Waals surface area contributed by atoms with Crippen LogP contribution in [0.1, 0.15) is 21.5 Å². The quantitative estimate of drug-likeness (QED) is 0.760. The first-order chi connectivity index (χ1) is 13.5. The second-order valence-electron chi connectivity index (χ2n) is 6.43. The van der Waals surface area contributed by atoms with Crippen LogP contribution < -0.4 is 5.32 Å². The van der Waals surface area contributed by atoms with Gasteiger partial charge >= 0.3 is 0 Å². The lowest BCUT2D eigenvalue weighted by molar-refractivity contribution is 0.0730. The highest BCUT2D eigenvalue weighted by Gasteiger charge is 2.26. The van der Waals surface area contributed by atoms with Crippen molar-refractivity contribution in [2.45, 2.75) is 18.0 Å². The molecule has 1 N–H and O–H groups in total. The lowest BCUT2D eigenvalue weighted by Crippen LogP contribution is -2.40. The first-order valence-corrected chi connectivity index (χ1v) is 10.5. The molecular formula is C20H24N2O5S. The normalized spacial score (nSPS) is 15.3. The van der Waals surface area contributed by atoms with E-state index in [9.17, 15) is 13.2 Å². The van der Waals surface area contributed by atoms with Crippen LogP contribution in [0.15, 0.2) is 53.4 Å². The summed E-state index contributed by atoms with van der Waals surface area (Å²) >= 11 is 0. The van der Waals surface area contributed by atoms with Crippen molar-refractivity contribution in [2.75, 3.05) is 33.4 Å². The lowest BCUT2D eigenvalue weighted by Gasteiger charge is -2.26. The highest BCUT2D eigenvalue weighted by Crippen LogP contribution is 2.18. The molecule has 3 rings (SSSR count).